The van der Waals surface area contributed by atoms with Gasteiger partial charge in [-0.3, -0.25) is 19.5 Å². The van der Waals surface area contributed by atoms with Crippen LogP contribution >= 0.6 is 11.6 Å². The van der Waals surface area contributed by atoms with Gasteiger partial charge in [-0.25, -0.2) is 0 Å². The predicted octanol–water partition coefficient (Wildman–Crippen LogP) is 4.44. The monoisotopic (exact) mass is 453 g/mol. The Balaban J connectivity index is 1.98. The first-order valence-corrected chi connectivity index (χ1v) is 10.6. The fourth-order valence-electron chi connectivity index (χ4n) is 3.18. The molecule has 0 saturated carbocycles. The number of alkyl halides is 1. The van der Waals surface area contributed by atoms with E-state index in [9.17, 15) is 9.59 Å². The van der Waals surface area contributed by atoms with Crippen LogP contribution in [0.5, 0.6) is 11.5 Å². The SMILES string of the molecule is CCOc1ccc(NC(=O)[C@@H](c2ccccn2)N(C(=O)CCl)c2ccc(OC)cc2)cc1. The number of pyridine rings is 1. The molecule has 0 saturated heterocycles. The van der Waals surface area contributed by atoms with Gasteiger partial charge in [-0.15, -0.1) is 11.6 Å². The molecule has 7 nitrogen and oxygen atoms in total. The van der Waals surface area contributed by atoms with Gasteiger partial charge in [0.2, 0.25) is 5.91 Å². The van der Waals surface area contributed by atoms with Gasteiger partial charge in [0.15, 0.2) is 6.04 Å². The summed E-state index contributed by atoms with van der Waals surface area (Å²) in [6.07, 6.45) is 1.57. The lowest BCUT2D eigenvalue weighted by molar-refractivity contribution is -0.122. The molecular formula is C24H24ClN3O4. The zero-order valence-electron chi connectivity index (χ0n) is 17.8. The quantitative estimate of drug-likeness (QED) is 0.484. The summed E-state index contributed by atoms with van der Waals surface area (Å²) in [7, 11) is 1.55. The van der Waals surface area contributed by atoms with Gasteiger partial charge in [-0.2, -0.15) is 0 Å². The number of amides is 2. The molecule has 2 amide bonds. The lowest BCUT2D eigenvalue weighted by Crippen LogP contribution is -2.42. The van der Waals surface area contributed by atoms with Crippen LogP contribution in [0.1, 0.15) is 18.7 Å². The van der Waals surface area contributed by atoms with Crippen LogP contribution in [0.3, 0.4) is 0 Å². The number of rotatable bonds is 9. The van der Waals surface area contributed by atoms with Crippen LogP contribution in [0.2, 0.25) is 0 Å². The van der Waals surface area contributed by atoms with Crippen molar-refractivity contribution in [1.29, 1.82) is 0 Å². The van der Waals surface area contributed by atoms with E-state index in [2.05, 4.69) is 10.3 Å². The van der Waals surface area contributed by atoms with E-state index in [1.54, 1.807) is 80.0 Å². The summed E-state index contributed by atoms with van der Waals surface area (Å²) < 4.78 is 10.6. The Morgan fingerprint density at radius 1 is 1.03 bits per heavy atom. The molecule has 2 aromatic carbocycles. The number of nitrogens with zero attached hydrogens (tertiary/aromatic N) is 2. The van der Waals surface area contributed by atoms with Gasteiger partial charge in [0, 0.05) is 17.6 Å². The molecule has 0 unspecified atom stereocenters. The second kappa shape index (κ2) is 11.2. The van der Waals surface area contributed by atoms with Gasteiger partial charge in [0.05, 0.1) is 19.4 Å². The van der Waals surface area contributed by atoms with Gasteiger partial charge in [-0.05, 0) is 67.6 Å². The number of carbonyl (C=O) groups is 2. The molecular weight excluding hydrogens is 430 g/mol. The van der Waals surface area contributed by atoms with Crippen LogP contribution in [0.15, 0.2) is 72.9 Å². The Bertz CT molecular complexity index is 1030. The number of methoxy groups -OCH3 is 1. The van der Waals surface area contributed by atoms with E-state index in [0.29, 0.717) is 35.2 Å². The second-order valence-corrected chi connectivity index (χ2v) is 6.97. The van der Waals surface area contributed by atoms with Crippen molar-refractivity contribution < 1.29 is 19.1 Å². The van der Waals surface area contributed by atoms with E-state index < -0.39 is 17.9 Å². The van der Waals surface area contributed by atoms with Crippen LogP contribution in [-0.2, 0) is 9.59 Å². The molecule has 0 aliphatic heterocycles. The molecule has 8 heteroatoms. The predicted molar refractivity (Wildman–Crippen MR) is 124 cm³/mol. The highest BCUT2D eigenvalue weighted by Crippen LogP contribution is 2.30. The van der Waals surface area contributed by atoms with Crippen molar-refractivity contribution in [2.75, 3.05) is 29.8 Å². The Hall–Kier alpha value is -3.58. The van der Waals surface area contributed by atoms with Crippen molar-refractivity contribution in [3.8, 4) is 11.5 Å². The van der Waals surface area contributed by atoms with Crippen molar-refractivity contribution >= 4 is 34.8 Å². The van der Waals surface area contributed by atoms with Crippen LogP contribution in [0.25, 0.3) is 0 Å². The summed E-state index contributed by atoms with van der Waals surface area (Å²) in [5.41, 5.74) is 1.46. The molecule has 0 aliphatic rings. The van der Waals surface area contributed by atoms with E-state index >= 15 is 0 Å². The third-order valence-corrected chi connectivity index (χ3v) is 4.87. The molecule has 0 bridgehead atoms. The summed E-state index contributed by atoms with van der Waals surface area (Å²) in [6.45, 7) is 2.44. The van der Waals surface area contributed by atoms with Crippen molar-refractivity contribution in [3.05, 3.63) is 78.6 Å². The molecule has 1 N–H and O–H groups in total. The summed E-state index contributed by atoms with van der Waals surface area (Å²) in [5.74, 6) is 0.159. The van der Waals surface area contributed by atoms with Crippen LogP contribution in [0, 0.1) is 0 Å². The Kier molecular flexibility index (Phi) is 8.05. The molecule has 0 radical (unpaired) electrons. The number of ether oxygens (including phenoxy) is 2. The highest BCUT2D eigenvalue weighted by Gasteiger charge is 2.33. The van der Waals surface area contributed by atoms with E-state index in [-0.39, 0.29) is 5.88 Å². The van der Waals surface area contributed by atoms with Crippen LogP contribution < -0.4 is 19.7 Å². The molecule has 3 aromatic rings. The molecule has 32 heavy (non-hydrogen) atoms. The van der Waals surface area contributed by atoms with Crippen LogP contribution in [0.4, 0.5) is 11.4 Å². The maximum Gasteiger partial charge on any atom is 0.253 e. The summed E-state index contributed by atoms with van der Waals surface area (Å²) in [5, 5.41) is 2.87. The summed E-state index contributed by atoms with van der Waals surface area (Å²) in [6, 6.07) is 18.0. The minimum absolute atomic E-state index is 0.300. The Morgan fingerprint density at radius 2 is 1.72 bits per heavy atom. The van der Waals surface area contributed by atoms with Gasteiger partial charge in [0.1, 0.15) is 17.4 Å². The zero-order chi connectivity index (χ0) is 22.9. The van der Waals surface area contributed by atoms with Crippen molar-refractivity contribution in [1.82, 2.24) is 4.98 Å². The van der Waals surface area contributed by atoms with Crippen molar-refractivity contribution in [2.24, 2.45) is 0 Å². The largest absolute Gasteiger partial charge is 0.497 e. The first-order valence-electron chi connectivity index (χ1n) is 10.0. The van der Waals surface area contributed by atoms with Crippen molar-refractivity contribution in [2.45, 2.75) is 13.0 Å². The zero-order valence-corrected chi connectivity index (χ0v) is 18.6. The van der Waals surface area contributed by atoms with Crippen molar-refractivity contribution in [3.63, 3.8) is 0 Å². The van der Waals surface area contributed by atoms with Gasteiger partial charge in [-0.1, -0.05) is 6.07 Å². The van der Waals surface area contributed by atoms with Gasteiger partial charge in [0.25, 0.3) is 5.91 Å². The molecule has 1 aromatic heterocycles. The first kappa shape index (κ1) is 23.1. The van der Waals surface area contributed by atoms with E-state index in [1.165, 1.54) is 4.90 Å². The fourth-order valence-corrected chi connectivity index (χ4v) is 3.31. The second-order valence-electron chi connectivity index (χ2n) is 6.70. The van der Waals surface area contributed by atoms with Crippen LogP contribution in [-0.4, -0.2) is 36.4 Å². The maximum atomic E-state index is 13.4. The number of carbonyl (C=O) groups excluding carboxylic acids is 2. The molecule has 3 rings (SSSR count). The molecule has 1 atom stereocenters. The molecule has 0 spiro atoms. The minimum Gasteiger partial charge on any atom is -0.497 e. The first-order chi connectivity index (χ1) is 15.6. The van der Waals surface area contributed by atoms with Gasteiger partial charge >= 0.3 is 0 Å². The fraction of sp³-hybridized carbons (Fsp3) is 0.208. The lowest BCUT2D eigenvalue weighted by atomic mass is 10.1. The summed E-state index contributed by atoms with van der Waals surface area (Å²) in [4.78, 5) is 32.0. The minimum atomic E-state index is -1.04. The molecule has 0 aliphatic carbocycles. The maximum absolute atomic E-state index is 13.4. The number of aromatic nitrogens is 1. The highest BCUT2D eigenvalue weighted by molar-refractivity contribution is 6.30. The number of nitrogens with one attached hydrogen (secondary N) is 1. The highest BCUT2D eigenvalue weighted by atomic mass is 35.5. The third kappa shape index (κ3) is 5.56. The number of halogens is 1. The van der Waals surface area contributed by atoms with E-state index in [4.69, 9.17) is 21.1 Å². The average Bonchev–Trinajstić information content (AvgIpc) is 2.84. The lowest BCUT2D eigenvalue weighted by Gasteiger charge is -2.30. The Labute approximate surface area is 191 Å². The molecule has 166 valence electrons. The average molecular weight is 454 g/mol. The normalized spacial score (nSPS) is 11.3. The molecule has 0 fully saturated rings. The number of hydrogen-bond donors (Lipinski definition) is 1. The number of anilines is 2. The number of benzene rings is 2. The molecule has 1 heterocycles. The number of hydrogen-bond acceptors (Lipinski definition) is 5. The topological polar surface area (TPSA) is 80.8 Å². The van der Waals surface area contributed by atoms with E-state index in [0.717, 1.165) is 0 Å². The smallest absolute Gasteiger partial charge is 0.253 e. The van der Waals surface area contributed by atoms with Gasteiger partial charge < -0.3 is 14.8 Å². The Morgan fingerprint density at radius 3 is 2.28 bits per heavy atom. The third-order valence-electron chi connectivity index (χ3n) is 4.64. The van der Waals surface area contributed by atoms with E-state index in [1.807, 2.05) is 6.92 Å². The summed E-state index contributed by atoms with van der Waals surface area (Å²) >= 11 is 5.92. The standard InChI is InChI=1S/C24H24ClN3O4/c1-3-32-20-11-7-17(8-12-20)27-24(30)23(21-6-4-5-15-26-21)28(22(29)16-25)18-9-13-19(31-2)14-10-18/h4-15,23H,3,16H2,1-2H3,(H,27,30)/t23-/m1/s1.